The molecule has 0 aliphatic carbocycles. The number of likely N-dealkylation sites (tertiary alicyclic amines) is 1. The minimum atomic E-state index is -0.938. The van der Waals surface area contributed by atoms with Crippen molar-refractivity contribution in [2.75, 3.05) is 25.0 Å². The summed E-state index contributed by atoms with van der Waals surface area (Å²) in [5, 5.41) is 16.2. The van der Waals surface area contributed by atoms with Gasteiger partial charge in [0.1, 0.15) is 18.5 Å². The fourth-order valence-corrected chi connectivity index (χ4v) is 5.61. The van der Waals surface area contributed by atoms with Crippen molar-refractivity contribution in [1.82, 2.24) is 20.7 Å². The van der Waals surface area contributed by atoms with Crippen molar-refractivity contribution in [2.45, 2.75) is 57.8 Å². The Labute approximate surface area is 244 Å². The van der Waals surface area contributed by atoms with Crippen molar-refractivity contribution < 1.29 is 29.1 Å². The molecule has 2 aliphatic rings. The maximum Gasteiger partial charge on any atom is 0.410 e. The molecule has 2 saturated heterocycles. The van der Waals surface area contributed by atoms with E-state index in [4.69, 9.17) is 9.47 Å². The number of hydrogen-bond donors (Lipinski definition) is 4. The summed E-state index contributed by atoms with van der Waals surface area (Å²) in [5.74, 6) is -1.46. The predicted molar refractivity (Wildman–Crippen MR) is 156 cm³/mol. The van der Waals surface area contributed by atoms with E-state index < -0.39 is 36.0 Å². The van der Waals surface area contributed by atoms with Gasteiger partial charge in [-0.1, -0.05) is 31.0 Å². The third-order valence-electron chi connectivity index (χ3n) is 7.79. The Morgan fingerprint density at radius 1 is 1.02 bits per heavy atom. The Hall–Kier alpha value is -4.22. The number of amides is 3. The van der Waals surface area contributed by atoms with Gasteiger partial charge in [0.2, 0.25) is 11.8 Å². The van der Waals surface area contributed by atoms with Crippen LogP contribution < -0.4 is 20.9 Å². The molecule has 3 aromatic rings. The lowest BCUT2D eigenvalue weighted by molar-refractivity contribution is -0.140. The molecule has 3 amide bonds. The number of hydrogen-bond acceptors (Lipinski definition) is 8. The van der Waals surface area contributed by atoms with E-state index in [1.807, 2.05) is 37.3 Å². The average molecular weight is 576 g/mol. The van der Waals surface area contributed by atoms with Crippen LogP contribution in [0.1, 0.15) is 43.4 Å². The first kappa shape index (κ1) is 29.3. The van der Waals surface area contributed by atoms with E-state index in [0.717, 1.165) is 47.8 Å². The van der Waals surface area contributed by atoms with Crippen molar-refractivity contribution in [3.8, 4) is 5.75 Å². The van der Waals surface area contributed by atoms with E-state index in [2.05, 4.69) is 15.6 Å². The Morgan fingerprint density at radius 3 is 2.50 bits per heavy atom. The van der Waals surface area contributed by atoms with Gasteiger partial charge in [-0.05, 0) is 62.6 Å². The standard InChI is InChI=1S/C31H37N5O6/c1-20-16-21(25-8-4-5-9-27(25)33-20)19-41-23-12-10-22(11-13-23)34-30(38)28-26(29(37)35-40)17-24(18-32-28)42-31(39)36-14-6-2-3-7-15-36/h4-5,8-13,16,24,26,28,32,40H,2-3,6-7,14-15,17-19H2,1H3,(H,34,38)(H,35,37)/t24-,26-,28-/m0/s1. The number of nitrogens with zero attached hydrogens (tertiary/aromatic N) is 2. The first-order chi connectivity index (χ1) is 20.4. The summed E-state index contributed by atoms with van der Waals surface area (Å²) in [6.45, 7) is 3.82. The Bertz CT molecular complexity index is 1410. The highest BCUT2D eigenvalue weighted by Gasteiger charge is 2.41. The molecule has 4 N–H and O–H groups in total. The van der Waals surface area contributed by atoms with Gasteiger partial charge in [-0.25, -0.2) is 10.3 Å². The summed E-state index contributed by atoms with van der Waals surface area (Å²) >= 11 is 0. The zero-order valence-corrected chi connectivity index (χ0v) is 23.7. The van der Waals surface area contributed by atoms with Gasteiger partial charge in [0.25, 0.3) is 0 Å². The van der Waals surface area contributed by atoms with E-state index in [9.17, 15) is 19.6 Å². The van der Waals surface area contributed by atoms with Crippen molar-refractivity contribution in [3.05, 3.63) is 65.9 Å². The van der Waals surface area contributed by atoms with Crippen molar-refractivity contribution in [1.29, 1.82) is 0 Å². The van der Waals surface area contributed by atoms with Gasteiger partial charge in [0.05, 0.1) is 17.5 Å². The number of carbonyl (C=O) groups excluding carboxylic acids is 3. The molecule has 2 aliphatic heterocycles. The van der Waals surface area contributed by atoms with E-state index in [0.29, 0.717) is 31.1 Å². The molecule has 2 fully saturated rings. The smallest absolute Gasteiger partial charge is 0.410 e. The van der Waals surface area contributed by atoms with Gasteiger partial charge in [0.15, 0.2) is 0 Å². The van der Waals surface area contributed by atoms with Gasteiger partial charge in [-0.3, -0.25) is 19.8 Å². The summed E-state index contributed by atoms with van der Waals surface area (Å²) in [6.07, 6.45) is 3.13. The quantitative estimate of drug-likeness (QED) is 0.245. The molecule has 11 heteroatoms. The fraction of sp³-hybridized carbons (Fsp3) is 0.419. The number of aromatic nitrogens is 1. The number of hydroxylamine groups is 1. The molecule has 11 nitrogen and oxygen atoms in total. The van der Waals surface area contributed by atoms with Crippen LogP contribution in [0, 0.1) is 12.8 Å². The molecular formula is C31H37N5O6. The molecule has 1 aromatic heterocycles. The van der Waals surface area contributed by atoms with E-state index in [-0.39, 0.29) is 13.0 Å². The molecule has 0 bridgehead atoms. The largest absolute Gasteiger partial charge is 0.489 e. The molecule has 5 rings (SSSR count). The number of nitrogens with one attached hydrogen (secondary N) is 3. The van der Waals surface area contributed by atoms with Gasteiger partial charge in [0, 0.05) is 42.0 Å². The van der Waals surface area contributed by atoms with E-state index in [1.54, 1.807) is 34.6 Å². The number of pyridine rings is 1. The average Bonchev–Trinajstić information content (AvgIpc) is 3.30. The lowest BCUT2D eigenvalue weighted by atomic mass is 9.88. The van der Waals surface area contributed by atoms with Gasteiger partial charge >= 0.3 is 6.09 Å². The summed E-state index contributed by atoms with van der Waals surface area (Å²) in [5.41, 5.74) is 5.03. The third kappa shape index (κ3) is 7.15. The van der Waals surface area contributed by atoms with Crippen LogP contribution in [0.3, 0.4) is 0 Å². The second kappa shape index (κ2) is 13.6. The van der Waals surface area contributed by atoms with Crippen LogP contribution >= 0.6 is 0 Å². The Kier molecular flexibility index (Phi) is 9.50. The van der Waals surface area contributed by atoms with Crippen LogP contribution in [0.4, 0.5) is 10.5 Å². The second-order valence-electron chi connectivity index (χ2n) is 10.9. The van der Waals surface area contributed by atoms with E-state index in [1.165, 1.54) is 0 Å². The van der Waals surface area contributed by atoms with Crippen LogP contribution in [0.2, 0.25) is 0 Å². The number of fused-ring (bicyclic) bond motifs is 1. The number of rotatable bonds is 7. The summed E-state index contributed by atoms with van der Waals surface area (Å²) in [4.78, 5) is 44.6. The number of piperidine rings is 1. The Morgan fingerprint density at radius 2 is 1.76 bits per heavy atom. The predicted octanol–water partition coefficient (Wildman–Crippen LogP) is 3.93. The molecule has 0 radical (unpaired) electrons. The first-order valence-electron chi connectivity index (χ1n) is 14.4. The van der Waals surface area contributed by atoms with Crippen molar-refractivity contribution >= 4 is 34.5 Å². The van der Waals surface area contributed by atoms with Crippen LogP contribution in [-0.2, 0) is 20.9 Å². The van der Waals surface area contributed by atoms with Crippen molar-refractivity contribution in [3.63, 3.8) is 0 Å². The molecular weight excluding hydrogens is 538 g/mol. The van der Waals surface area contributed by atoms with Crippen LogP contribution in [0.25, 0.3) is 10.9 Å². The molecule has 3 heterocycles. The zero-order chi connectivity index (χ0) is 29.5. The SMILES string of the molecule is Cc1cc(COc2ccc(NC(=O)[C@H]3NC[C@@H](OC(=O)N4CCCCCC4)C[C@@H]3C(=O)NO)cc2)c2ccccc2n1. The normalized spacial score (nSPS) is 20.8. The monoisotopic (exact) mass is 575 g/mol. The third-order valence-corrected chi connectivity index (χ3v) is 7.79. The molecule has 222 valence electrons. The number of aryl methyl sites for hydroxylation is 1. The number of para-hydroxylation sites is 1. The molecule has 0 unspecified atom stereocenters. The van der Waals surface area contributed by atoms with Gasteiger partial charge in [-0.2, -0.15) is 0 Å². The lowest BCUT2D eigenvalue weighted by Crippen LogP contribution is -2.58. The topological polar surface area (TPSA) is 142 Å². The summed E-state index contributed by atoms with van der Waals surface area (Å²) in [7, 11) is 0. The Balaban J connectivity index is 1.17. The maximum absolute atomic E-state index is 13.2. The lowest BCUT2D eigenvalue weighted by Gasteiger charge is -2.35. The van der Waals surface area contributed by atoms with E-state index >= 15 is 0 Å². The summed E-state index contributed by atoms with van der Waals surface area (Å²) < 4.78 is 11.7. The molecule has 0 spiro atoms. The maximum atomic E-state index is 13.2. The molecule has 0 saturated carbocycles. The highest BCUT2D eigenvalue weighted by atomic mass is 16.6. The molecule has 42 heavy (non-hydrogen) atoms. The van der Waals surface area contributed by atoms with Gasteiger partial charge < -0.3 is 25.0 Å². The highest BCUT2D eigenvalue weighted by Crippen LogP contribution is 2.24. The fourth-order valence-electron chi connectivity index (χ4n) is 5.61. The number of ether oxygens (including phenoxy) is 2. The molecule has 2 aromatic carbocycles. The minimum absolute atomic E-state index is 0.104. The first-order valence-corrected chi connectivity index (χ1v) is 14.4. The van der Waals surface area contributed by atoms with Crippen LogP contribution in [-0.4, -0.2) is 64.8 Å². The number of benzene rings is 2. The zero-order valence-electron chi connectivity index (χ0n) is 23.7. The minimum Gasteiger partial charge on any atom is -0.489 e. The number of anilines is 1. The van der Waals surface area contributed by atoms with Crippen LogP contribution in [0.15, 0.2) is 54.6 Å². The van der Waals surface area contributed by atoms with Crippen molar-refractivity contribution in [2.24, 2.45) is 5.92 Å². The second-order valence-corrected chi connectivity index (χ2v) is 10.9. The number of carbonyl (C=O) groups is 3. The molecule has 3 atom stereocenters. The van der Waals surface area contributed by atoms with Crippen LogP contribution in [0.5, 0.6) is 5.75 Å². The summed E-state index contributed by atoms with van der Waals surface area (Å²) in [6, 6.07) is 16.0. The highest BCUT2D eigenvalue weighted by molar-refractivity contribution is 5.98. The van der Waals surface area contributed by atoms with Gasteiger partial charge in [-0.15, -0.1) is 0 Å².